The maximum atomic E-state index is 12.7. The fraction of sp³-hybridized carbons (Fsp3) is 0.588. The Kier molecular flexibility index (Phi) is 6.37. The molecule has 1 aliphatic heterocycles. The summed E-state index contributed by atoms with van der Waals surface area (Å²) in [5.41, 5.74) is 2.34. The van der Waals surface area contributed by atoms with Crippen molar-refractivity contribution in [3.63, 3.8) is 0 Å². The number of hydrogen-bond donors (Lipinski definition) is 1. The second-order valence-corrected chi connectivity index (χ2v) is 8.42. The normalized spacial score (nSPS) is 18.8. The number of carbonyl (C=O) groups excluding carboxylic acids is 1. The standard InChI is InChI=1S/C17H27N3O3S/c1-4-14-6-8-15(9-7-14)16-12-18-10-11-20(16)17(21)13-19(3)24(22,23)5-2/h6-9,16,18H,4-5,10-13H2,1-3H3. The van der Waals surface area contributed by atoms with Crippen molar-refractivity contribution in [3.05, 3.63) is 35.4 Å². The Morgan fingerprint density at radius 1 is 1.29 bits per heavy atom. The number of carbonyl (C=O) groups is 1. The van der Waals surface area contributed by atoms with Gasteiger partial charge in [-0.15, -0.1) is 0 Å². The number of hydrogen-bond acceptors (Lipinski definition) is 4. The van der Waals surface area contributed by atoms with E-state index in [9.17, 15) is 13.2 Å². The Balaban J connectivity index is 2.14. The average Bonchev–Trinajstić information content (AvgIpc) is 2.61. The molecule has 1 amide bonds. The van der Waals surface area contributed by atoms with Gasteiger partial charge in [0.25, 0.3) is 0 Å². The second kappa shape index (κ2) is 8.09. The molecule has 0 radical (unpaired) electrons. The SMILES string of the molecule is CCc1ccc(C2CNCCN2C(=O)CN(C)S(=O)(=O)CC)cc1. The van der Waals surface area contributed by atoms with Crippen molar-refractivity contribution in [2.75, 3.05) is 39.0 Å². The van der Waals surface area contributed by atoms with E-state index < -0.39 is 10.0 Å². The van der Waals surface area contributed by atoms with E-state index in [0.717, 1.165) is 22.8 Å². The summed E-state index contributed by atoms with van der Waals surface area (Å²) >= 11 is 0. The fourth-order valence-electron chi connectivity index (χ4n) is 2.88. The molecule has 1 atom stereocenters. The van der Waals surface area contributed by atoms with Crippen LogP contribution in [0.15, 0.2) is 24.3 Å². The van der Waals surface area contributed by atoms with Gasteiger partial charge < -0.3 is 10.2 Å². The van der Waals surface area contributed by atoms with Crippen LogP contribution >= 0.6 is 0 Å². The zero-order valence-electron chi connectivity index (χ0n) is 14.7. The molecule has 0 aliphatic carbocycles. The molecule has 1 aliphatic rings. The number of nitrogens with zero attached hydrogens (tertiary/aromatic N) is 2. The quantitative estimate of drug-likeness (QED) is 0.828. The largest absolute Gasteiger partial charge is 0.332 e. The van der Waals surface area contributed by atoms with Gasteiger partial charge in [0.2, 0.25) is 15.9 Å². The highest BCUT2D eigenvalue weighted by Crippen LogP contribution is 2.23. The van der Waals surface area contributed by atoms with Crippen LogP contribution in [0.1, 0.15) is 31.0 Å². The third-order valence-electron chi connectivity index (χ3n) is 4.53. The molecule has 1 fully saturated rings. The molecular weight excluding hydrogens is 326 g/mol. The highest BCUT2D eigenvalue weighted by atomic mass is 32.2. The van der Waals surface area contributed by atoms with E-state index in [1.54, 1.807) is 11.8 Å². The highest BCUT2D eigenvalue weighted by molar-refractivity contribution is 7.89. The van der Waals surface area contributed by atoms with Crippen LogP contribution in [0.4, 0.5) is 0 Å². The van der Waals surface area contributed by atoms with E-state index in [2.05, 4.69) is 36.5 Å². The lowest BCUT2D eigenvalue weighted by atomic mass is 10.0. The molecule has 1 aromatic rings. The minimum Gasteiger partial charge on any atom is -0.332 e. The lowest BCUT2D eigenvalue weighted by molar-refractivity contribution is -0.134. The molecule has 24 heavy (non-hydrogen) atoms. The van der Waals surface area contributed by atoms with Gasteiger partial charge in [-0.25, -0.2) is 8.42 Å². The summed E-state index contributed by atoms with van der Waals surface area (Å²) in [6.45, 7) is 5.57. The van der Waals surface area contributed by atoms with Crippen LogP contribution < -0.4 is 5.32 Å². The molecule has 1 N–H and O–H groups in total. The highest BCUT2D eigenvalue weighted by Gasteiger charge is 2.30. The molecule has 1 unspecified atom stereocenters. The lowest BCUT2D eigenvalue weighted by Gasteiger charge is -2.37. The Morgan fingerprint density at radius 3 is 2.54 bits per heavy atom. The molecule has 1 heterocycles. The topological polar surface area (TPSA) is 69.7 Å². The van der Waals surface area contributed by atoms with Crippen molar-refractivity contribution < 1.29 is 13.2 Å². The molecule has 0 aromatic heterocycles. The van der Waals surface area contributed by atoms with Gasteiger partial charge in [0.15, 0.2) is 0 Å². The summed E-state index contributed by atoms with van der Waals surface area (Å²) in [5, 5.41) is 3.32. The first-order valence-electron chi connectivity index (χ1n) is 8.42. The number of piperazine rings is 1. The predicted octanol–water partition coefficient (Wildman–Crippen LogP) is 1.00. The van der Waals surface area contributed by atoms with Crippen molar-refractivity contribution >= 4 is 15.9 Å². The van der Waals surface area contributed by atoms with Gasteiger partial charge in [0, 0.05) is 26.7 Å². The predicted molar refractivity (Wildman–Crippen MR) is 95.2 cm³/mol. The Labute approximate surface area is 144 Å². The molecule has 1 saturated heterocycles. The van der Waals surface area contributed by atoms with Crippen LogP contribution in [0.2, 0.25) is 0 Å². The zero-order chi connectivity index (χ0) is 17.7. The summed E-state index contributed by atoms with van der Waals surface area (Å²) in [5.74, 6) is -0.152. The summed E-state index contributed by atoms with van der Waals surface area (Å²) in [6, 6.07) is 8.22. The van der Waals surface area contributed by atoms with Crippen molar-refractivity contribution in [1.29, 1.82) is 0 Å². The van der Waals surface area contributed by atoms with Crippen LogP contribution in [0.5, 0.6) is 0 Å². The first-order valence-corrected chi connectivity index (χ1v) is 10.0. The van der Waals surface area contributed by atoms with Gasteiger partial charge in [-0.05, 0) is 24.5 Å². The molecule has 134 valence electrons. The van der Waals surface area contributed by atoms with Crippen molar-refractivity contribution in [1.82, 2.24) is 14.5 Å². The van der Waals surface area contributed by atoms with E-state index in [0.29, 0.717) is 13.1 Å². The summed E-state index contributed by atoms with van der Waals surface area (Å²) in [7, 11) is -1.89. The number of rotatable bonds is 6. The lowest BCUT2D eigenvalue weighted by Crippen LogP contribution is -2.51. The third-order valence-corrected chi connectivity index (χ3v) is 6.34. The Morgan fingerprint density at radius 2 is 1.96 bits per heavy atom. The molecule has 0 saturated carbocycles. The number of aryl methyl sites for hydroxylation is 1. The van der Waals surface area contributed by atoms with Gasteiger partial charge in [-0.1, -0.05) is 31.2 Å². The molecular formula is C17H27N3O3S. The van der Waals surface area contributed by atoms with Crippen molar-refractivity contribution in [2.24, 2.45) is 0 Å². The van der Waals surface area contributed by atoms with Crippen molar-refractivity contribution in [2.45, 2.75) is 26.3 Å². The number of nitrogens with one attached hydrogen (secondary N) is 1. The van der Waals surface area contributed by atoms with Crippen molar-refractivity contribution in [3.8, 4) is 0 Å². The third kappa shape index (κ3) is 4.34. The zero-order valence-corrected chi connectivity index (χ0v) is 15.5. The van der Waals surface area contributed by atoms with Crippen LogP contribution in [-0.4, -0.2) is 62.5 Å². The van der Waals surface area contributed by atoms with E-state index in [4.69, 9.17) is 0 Å². The van der Waals surface area contributed by atoms with Gasteiger partial charge in [0.1, 0.15) is 0 Å². The van der Waals surface area contributed by atoms with Crippen LogP contribution in [-0.2, 0) is 21.2 Å². The Bertz CT molecular complexity index is 658. The molecule has 0 spiro atoms. The Hall–Kier alpha value is -1.44. The number of sulfonamides is 1. The van der Waals surface area contributed by atoms with Gasteiger partial charge in [-0.2, -0.15) is 4.31 Å². The summed E-state index contributed by atoms with van der Waals surface area (Å²) in [4.78, 5) is 14.5. The minimum absolute atomic E-state index is 0.000242. The first-order chi connectivity index (χ1) is 11.4. The van der Waals surface area contributed by atoms with E-state index >= 15 is 0 Å². The first kappa shape index (κ1) is 18.9. The molecule has 6 nitrogen and oxygen atoms in total. The summed E-state index contributed by atoms with van der Waals surface area (Å²) in [6.07, 6.45) is 0.978. The van der Waals surface area contributed by atoms with Crippen LogP contribution in [0, 0.1) is 0 Å². The van der Waals surface area contributed by atoms with E-state index in [1.165, 1.54) is 12.6 Å². The number of likely N-dealkylation sites (N-methyl/N-ethyl adjacent to an activating group) is 1. The van der Waals surface area contributed by atoms with E-state index in [1.807, 2.05) is 0 Å². The van der Waals surface area contributed by atoms with E-state index in [-0.39, 0.29) is 24.2 Å². The summed E-state index contributed by atoms with van der Waals surface area (Å²) < 4.78 is 24.9. The maximum absolute atomic E-state index is 12.7. The maximum Gasteiger partial charge on any atom is 0.238 e. The fourth-order valence-corrected chi connectivity index (χ4v) is 3.62. The second-order valence-electron chi connectivity index (χ2n) is 6.06. The smallest absolute Gasteiger partial charge is 0.238 e. The number of benzene rings is 1. The molecule has 1 aromatic carbocycles. The average molecular weight is 353 g/mol. The van der Waals surface area contributed by atoms with Gasteiger partial charge >= 0.3 is 0 Å². The van der Waals surface area contributed by atoms with Crippen LogP contribution in [0.3, 0.4) is 0 Å². The molecule has 7 heteroatoms. The van der Waals surface area contributed by atoms with Gasteiger partial charge in [-0.3, -0.25) is 4.79 Å². The van der Waals surface area contributed by atoms with Crippen LogP contribution in [0.25, 0.3) is 0 Å². The molecule has 2 rings (SSSR count). The monoisotopic (exact) mass is 353 g/mol. The number of amides is 1. The molecule has 0 bridgehead atoms. The minimum atomic E-state index is -3.35. The van der Waals surface area contributed by atoms with Gasteiger partial charge in [0.05, 0.1) is 18.3 Å².